The molecule has 0 radical (unpaired) electrons. The highest BCUT2D eigenvalue weighted by atomic mass is 35.5. The Morgan fingerprint density at radius 1 is 1.44 bits per heavy atom. The molecule has 1 aromatic rings. The molecule has 2 atom stereocenters. The van der Waals surface area contributed by atoms with Gasteiger partial charge in [0.1, 0.15) is 5.75 Å². The lowest BCUT2D eigenvalue weighted by atomic mass is 9.92. The van der Waals surface area contributed by atoms with Gasteiger partial charge in [-0.3, -0.25) is 0 Å². The van der Waals surface area contributed by atoms with Crippen molar-refractivity contribution < 1.29 is 4.74 Å². The van der Waals surface area contributed by atoms with Crippen LogP contribution in [0.4, 0.5) is 0 Å². The molecule has 100 valence electrons. The van der Waals surface area contributed by atoms with Gasteiger partial charge in [-0.2, -0.15) is 0 Å². The average Bonchev–Trinajstić information content (AvgIpc) is 2.42. The third-order valence-electron chi connectivity index (χ3n) is 3.60. The maximum Gasteiger partial charge on any atom is 0.120 e. The number of halogens is 1. The Kier molecular flexibility index (Phi) is 4.87. The fraction of sp³-hybridized carbons (Fsp3) is 0.571. The summed E-state index contributed by atoms with van der Waals surface area (Å²) in [7, 11) is 3.64. The van der Waals surface area contributed by atoms with Crippen LogP contribution in [0.25, 0.3) is 0 Å². The summed E-state index contributed by atoms with van der Waals surface area (Å²) >= 11 is 6.35. The van der Waals surface area contributed by atoms with E-state index in [0.717, 1.165) is 22.9 Å². The van der Waals surface area contributed by atoms with E-state index in [2.05, 4.69) is 16.7 Å². The van der Waals surface area contributed by atoms with Gasteiger partial charge in [0.05, 0.1) is 7.11 Å². The van der Waals surface area contributed by atoms with Gasteiger partial charge in [-0.25, -0.2) is 0 Å². The zero-order valence-electron chi connectivity index (χ0n) is 11.0. The molecule has 4 heteroatoms. The van der Waals surface area contributed by atoms with Gasteiger partial charge in [0, 0.05) is 17.1 Å². The largest absolute Gasteiger partial charge is 0.497 e. The van der Waals surface area contributed by atoms with Crippen LogP contribution in [-0.2, 0) is 0 Å². The Bertz CT molecular complexity index is 391. The molecule has 0 bridgehead atoms. The fourth-order valence-corrected chi connectivity index (χ4v) is 2.91. The quantitative estimate of drug-likeness (QED) is 0.881. The maximum atomic E-state index is 6.35. The van der Waals surface area contributed by atoms with Crippen LogP contribution in [0.5, 0.6) is 5.75 Å². The number of likely N-dealkylation sites (N-methyl/N-ethyl adjacent to an activating group) is 1. The third kappa shape index (κ3) is 2.97. The van der Waals surface area contributed by atoms with Crippen LogP contribution in [0.1, 0.15) is 30.9 Å². The number of nitrogens with one attached hydrogen (secondary N) is 2. The van der Waals surface area contributed by atoms with E-state index in [9.17, 15) is 0 Å². The summed E-state index contributed by atoms with van der Waals surface area (Å²) in [5, 5.41) is 7.72. The van der Waals surface area contributed by atoms with Crippen molar-refractivity contribution in [3.8, 4) is 5.75 Å². The second-order valence-corrected chi connectivity index (χ2v) is 5.12. The Labute approximate surface area is 114 Å². The van der Waals surface area contributed by atoms with Crippen molar-refractivity contribution in [2.24, 2.45) is 0 Å². The highest BCUT2D eigenvalue weighted by Gasteiger charge is 2.25. The average molecular weight is 269 g/mol. The van der Waals surface area contributed by atoms with Crippen LogP contribution in [-0.4, -0.2) is 26.7 Å². The minimum Gasteiger partial charge on any atom is -0.497 e. The number of hydrogen-bond acceptors (Lipinski definition) is 3. The van der Waals surface area contributed by atoms with E-state index in [4.69, 9.17) is 16.3 Å². The van der Waals surface area contributed by atoms with Gasteiger partial charge in [0.15, 0.2) is 0 Å². The predicted octanol–water partition coefficient (Wildman–Crippen LogP) is 2.75. The highest BCUT2D eigenvalue weighted by molar-refractivity contribution is 6.31. The lowest BCUT2D eigenvalue weighted by molar-refractivity contribution is 0.326. The van der Waals surface area contributed by atoms with E-state index in [1.165, 1.54) is 19.3 Å². The van der Waals surface area contributed by atoms with E-state index < -0.39 is 0 Å². The van der Waals surface area contributed by atoms with Gasteiger partial charge in [0.25, 0.3) is 0 Å². The molecular formula is C14H21ClN2O. The van der Waals surface area contributed by atoms with Crippen LogP contribution in [0.3, 0.4) is 0 Å². The molecule has 0 saturated carbocycles. The lowest BCUT2D eigenvalue weighted by Gasteiger charge is -2.32. The second kappa shape index (κ2) is 6.41. The minimum absolute atomic E-state index is 0.253. The first-order chi connectivity index (χ1) is 8.76. The number of rotatable bonds is 4. The van der Waals surface area contributed by atoms with Gasteiger partial charge in [-0.05, 0) is 44.1 Å². The summed E-state index contributed by atoms with van der Waals surface area (Å²) in [5.74, 6) is 0.801. The standard InChI is InChI=1S/C14H21ClN2O/c1-16-14(13-5-3-4-8-17-13)11-7-6-10(18-2)9-12(11)15/h6-7,9,13-14,16-17H,3-5,8H2,1-2H3. The zero-order chi connectivity index (χ0) is 13.0. The summed E-state index contributed by atoms with van der Waals surface area (Å²) in [5.41, 5.74) is 1.14. The van der Waals surface area contributed by atoms with Crippen LogP contribution >= 0.6 is 11.6 Å². The van der Waals surface area contributed by atoms with Crippen LogP contribution in [0.2, 0.25) is 5.02 Å². The Balaban J connectivity index is 2.20. The molecule has 1 aliphatic rings. The van der Waals surface area contributed by atoms with Crippen molar-refractivity contribution in [2.75, 3.05) is 20.7 Å². The van der Waals surface area contributed by atoms with E-state index in [-0.39, 0.29) is 6.04 Å². The number of hydrogen-bond donors (Lipinski definition) is 2. The van der Waals surface area contributed by atoms with Crippen LogP contribution < -0.4 is 15.4 Å². The van der Waals surface area contributed by atoms with Crippen molar-refractivity contribution in [3.05, 3.63) is 28.8 Å². The van der Waals surface area contributed by atoms with E-state index >= 15 is 0 Å². The van der Waals surface area contributed by atoms with Gasteiger partial charge in [-0.15, -0.1) is 0 Å². The number of benzene rings is 1. The van der Waals surface area contributed by atoms with Crippen LogP contribution in [0, 0.1) is 0 Å². The van der Waals surface area contributed by atoms with Crippen molar-refractivity contribution in [2.45, 2.75) is 31.3 Å². The first-order valence-electron chi connectivity index (χ1n) is 6.50. The number of ether oxygens (including phenoxy) is 1. The lowest BCUT2D eigenvalue weighted by Crippen LogP contribution is -2.43. The number of methoxy groups -OCH3 is 1. The third-order valence-corrected chi connectivity index (χ3v) is 3.93. The molecule has 3 nitrogen and oxygen atoms in total. The van der Waals surface area contributed by atoms with E-state index in [1.807, 2.05) is 19.2 Å². The molecule has 0 amide bonds. The first-order valence-corrected chi connectivity index (χ1v) is 6.88. The molecular weight excluding hydrogens is 248 g/mol. The second-order valence-electron chi connectivity index (χ2n) is 4.71. The SMILES string of the molecule is CNC(c1ccc(OC)cc1Cl)C1CCCCN1. The molecule has 1 aliphatic heterocycles. The highest BCUT2D eigenvalue weighted by Crippen LogP contribution is 2.31. The first kappa shape index (κ1) is 13.7. The smallest absolute Gasteiger partial charge is 0.120 e. The van der Waals surface area contributed by atoms with Crippen LogP contribution in [0.15, 0.2) is 18.2 Å². The molecule has 1 heterocycles. The summed E-state index contributed by atoms with van der Waals surface area (Å²) < 4.78 is 5.19. The minimum atomic E-state index is 0.253. The molecule has 1 fully saturated rings. The molecule has 2 N–H and O–H groups in total. The van der Waals surface area contributed by atoms with Crippen molar-refractivity contribution in [1.29, 1.82) is 0 Å². The Hall–Kier alpha value is -0.770. The van der Waals surface area contributed by atoms with E-state index in [0.29, 0.717) is 6.04 Å². The molecule has 0 spiro atoms. The molecule has 0 aliphatic carbocycles. The predicted molar refractivity (Wildman–Crippen MR) is 75.4 cm³/mol. The molecule has 0 aromatic heterocycles. The fourth-order valence-electron chi connectivity index (χ4n) is 2.62. The summed E-state index contributed by atoms with van der Waals surface area (Å²) in [6, 6.07) is 6.61. The molecule has 1 aromatic carbocycles. The molecule has 1 saturated heterocycles. The normalized spacial score (nSPS) is 21.6. The Morgan fingerprint density at radius 3 is 2.83 bits per heavy atom. The van der Waals surface area contributed by atoms with Gasteiger partial charge >= 0.3 is 0 Å². The molecule has 2 unspecified atom stereocenters. The number of piperidine rings is 1. The van der Waals surface area contributed by atoms with E-state index in [1.54, 1.807) is 7.11 Å². The summed E-state index contributed by atoms with van der Waals surface area (Å²) in [6.45, 7) is 1.09. The van der Waals surface area contributed by atoms with Crippen molar-refractivity contribution in [3.63, 3.8) is 0 Å². The molecule has 18 heavy (non-hydrogen) atoms. The molecule has 2 rings (SSSR count). The topological polar surface area (TPSA) is 33.3 Å². The summed E-state index contributed by atoms with van der Waals surface area (Å²) in [6.07, 6.45) is 3.74. The van der Waals surface area contributed by atoms with Crippen molar-refractivity contribution in [1.82, 2.24) is 10.6 Å². The summed E-state index contributed by atoms with van der Waals surface area (Å²) in [4.78, 5) is 0. The Morgan fingerprint density at radius 2 is 2.28 bits per heavy atom. The monoisotopic (exact) mass is 268 g/mol. The zero-order valence-corrected chi connectivity index (χ0v) is 11.8. The van der Waals surface area contributed by atoms with Gasteiger partial charge < -0.3 is 15.4 Å². The van der Waals surface area contributed by atoms with Gasteiger partial charge in [-0.1, -0.05) is 24.1 Å². The maximum absolute atomic E-state index is 6.35. The van der Waals surface area contributed by atoms with Gasteiger partial charge in [0.2, 0.25) is 0 Å². The van der Waals surface area contributed by atoms with Crippen molar-refractivity contribution >= 4 is 11.6 Å².